The lowest BCUT2D eigenvalue weighted by molar-refractivity contribution is -0.135. The molecule has 1 atom stereocenters. The Morgan fingerprint density at radius 1 is 1.03 bits per heavy atom. The number of nitrogens with zero attached hydrogens (tertiary/aromatic N) is 4. The fourth-order valence-electron chi connectivity index (χ4n) is 4.31. The van der Waals surface area contributed by atoms with Crippen molar-refractivity contribution in [3.8, 4) is 0 Å². The number of anilines is 3. The van der Waals surface area contributed by atoms with Gasteiger partial charge >= 0.3 is 5.97 Å². The Morgan fingerprint density at radius 2 is 1.71 bits per heavy atom. The molecule has 0 spiro atoms. The number of carbonyl (C=O) groups excluding carboxylic acids is 1. The third-order valence-electron chi connectivity index (χ3n) is 6.00. The summed E-state index contributed by atoms with van der Waals surface area (Å²) in [4.78, 5) is 20.5. The molecule has 0 unspecified atom stereocenters. The number of aromatic amines is 1. The average molecular weight is 488 g/mol. The van der Waals surface area contributed by atoms with Gasteiger partial charge in [0.25, 0.3) is 0 Å². The number of nitrogens with one attached hydrogen (secondary N) is 1. The van der Waals surface area contributed by atoms with Crippen LogP contribution in [0.4, 0.5) is 17.1 Å². The lowest BCUT2D eigenvalue weighted by Crippen LogP contribution is -2.39. The molecule has 35 heavy (non-hydrogen) atoms. The Kier molecular flexibility index (Phi) is 6.09. The Morgan fingerprint density at radius 3 is 2.40 bits per heavy atom. The van der Waals surface area contributed by atoms with E-state index >= 15 is 0 Å². The Balaban J connectivity index is 1.71. The van der Waals surface area contributed by atoms with E-state index in [1.54, 1.807) is 6.92 Å². The van der Waals surface area contributed by atoms with Gasteiger partial charge in [0.05, 0.1) is 12.3 Å². The van der Waals surface area contributed by atoms with Crippen molar-refractivity contribution in [3.05, 3.63) is 89.6 Å². The van der Waals surface area contributed by atoms with Crippen molar-refractivity contribution in [3.63, 3.8) is 0 Å². The largest absolute Gasteiger partial charge is 0.460 e. The summed E-state index contributed by atoms with van der Waals surface area (Å²) in [6, 6.07) is 23.6. The Labute approximate surface area is 209 Å². The third-order valence-corrected chi connectivity index (χ3v) is 6.25. The molecule has 1 aliphatic rings. The summed E-state index contributed by atoms with van der Waals surface area (Å²) in [6.07, 6.45) is 1.54. The van der Waals surface area contributed by atoms with Crippen molar-refractivity contribution in [2.24, 2.45) is 5.10 Å². The first-order valence-electron chi connectivity index (χ1n) is 11.4. The maximum Gasteiger partial charge on any atom is 0.376 e. The van der Waals surface area contributed by atoms with E-state index in [1.807, 2.05) is 102 Å². The van der Waals surface area contributed by atoms with Crippen LogP contribution in [-0.4, -0.2) is 37.5 Å². The molecule has 5 rings (SSSR count). The maximum absolute atomic E-state index is 13.2. The molecule has 4 aromatic rings. The van der Waals surface area contributed by atoms with Crippen LogP contribution in [-0.2, 0) is 9.53 Å². The molecule has 0 saturated heterocycles. The molecule has 7 nitrogen and oxygen atoms in total. The minimum Gasteiger partial charge on any atom is -0.460 e. The summed E-state index contributed by atoms with van der Waals surface area (Å²) in [5.41, 5.74) is 4.68. The molecule has 3 aromatic carbocycles. The monoisotopic (exact) mass is 487 g/mol. The normalized spacial score (nSPS) is 15.4. The molecular weight excluding hydrogens is 462 g/mol. The summed E-state index contributed by atoms with van der Waals surface area (Å²) in [6.45, 7) is 2.04. The average Bonchev–Trinajstić information content (AvgIpc) is 3.46. The lowest BCUT2D eigenvalue weighted by Gasteiger charge is -2.31. The smallest absolute Gasteiger partial charge is 0.376 e. The number of halogens is 1. The summed E-state index contributed by atoms with van der Waals surface area (Å²) < 4.78 is 5.42. The zero-order valence-corrected chi connectivity index (χ0v) is 20.5. The van der Waals surface area contributed by atoms with Crippen LogP contribution in [0.15, 0.2) is 84.1 Å². The van der Waals surface area contributed by atoms with E-state index in [9.17, 15) is 4.79 Å². The number of benzene rings is 3. The zero-order valence-electron chi connectivity index (χ0n) is 19.8. The van der Waals surface area contributed by atoms with E-state index in [4.69, 9.17) is 21.4 Å². The lowest BCUT2D eigenvalue weighted by atomic mass is 10.1. The Bertz CT molecular complexity index is 1380. The predicted molar refractivity (Wildman–Crippen MR) is 142 cm³/mol. The van der Waals surface area contributed by atoms with Gasteiger partial charge in [-0.15, -0.1) is 5.10 Å². The van der Waals surface area contributed by atoms with Crippen LogP contribution < -0.4 is 14.8 Å². The van der Waals surface area contributed by atoms with Gasteiger partial charge in [-0.1, -0.05) is 29.8 Å². The van der Waals surface area contributed by atoms with Crippen molar-refractivity contribution < 1.29 is 9.53 Å². The predicted octanol–water partition coefficient (Wildman–Crippen LogP) is 5.79. The number of para-hydroxylation sites is 1. The number of aromatic nitrogens is 1. The molecule has 0 fully saturated rings. The molecule has 2 heterocycles. The number of hydrazone groups is 1. The Hall–Kier alpha value is -3.97. The summed E-state index contributed by atoms with van der Waals surface area (Å²) in [7, 11) is 3.99. The minimum absolute atomic E-state index is 0.217. The van der Waals surface area contributed by atoms with Crippen LogP contribution in [0, 0.1) is 0 Å². The van der Waals surface area contributed by atoms with Gasteiger partial charge < -0.3 is 14.6 Å². The van der Waals surface area contributed by atoms with Gasteiger partial charge in [-0.3, -0.25) is 4.90 Å². The van der Waals surface area contributed by atoms with Gasteiger partial charge in [0.1, 0.15) is 0 Å². The topological polar surface area (TPSA) is 64.2 Å². The second-order valence-electron chi connectivity index (χ2n) is 8.41. The minimum atomic E-state index is -0.481. The van der Waals surface area contributed by atoms with Gasteiger partial charge in [-0.25, -0.2) is 9.80 Å². The molecule has 178 valence electrons. The quantitative estimate of drug-likeness (QED) is 0.349. The summed E-state index contributed by atoms with van der Waals surface area (Å²) >= 11 is 6.17. The van der Waals surface area contributed by atoms with Gasteiger partial charge in [0.15, 0.2) is 6.17 Å². The highest BCUT2D eigenvalue weighted by atomic mass is 35.5. The second kappa shape index (κ2) is 9.35. The number of hydrogen-bond donors (Lipinski definition) is 1. The first kappa shape index (κ1) is 22.8. The summed E-state index contributed by atoms with van der Waals surface area (Å²) in [5, 5.41) is 8.32. The molecule has 0 aliphatic carbocycles. The molecule has 1 aliphatic heterocycles. The fourth-order valence-corrected chi connectivity index (χ4v) is 4.44. The van der Waals surface area contributed by atoms with Crippen molar-refractivity contribution in [1.29, 1.82) is 0 Å². The van der Waals surface area contributed by atoms with Crippen LogP contribution in [0.5, 0.6) is 0 Å². The molecule has 1 aromatic heterocycles. The third kappa shape index (κ3) is 4.19. The van der Waals surface area contributed by atoms with Gasteiger partial charge in [-0.05, 0) is 61.5 Å². The molecule has 0 amide bonds. The zero-order chi connectivity index (χ0) is 24.5. The van der Waals surface area contributed by atoms with E-state index in [0.29, 0.717) is 5.02 Å². The van der Waals surface area contributed by atoms with Crippen molar-refractivity contribution in [2.75, 3.05) is 35.5 Å². The number of H-pyrrole nitrogens is 1. The maximum atomic E-state index is 13.2. The number of hydrogen-bond acceptors (Lipinski definition) is 6. The number of carbonyl (C=O) groups is 1. The van der Waals surface area contributed by atoms with Crippen LogP contribution in [0.25, 0.3) is 10.9 Å². The highest BCUT2D eigenvalue weighted by Crippen LogP contribution is 2.42. The van der Waals surface area contributed by atoms with E-state index in [1.165, 1.54) is 0 Å². The van der Waals surface area contributed by atoms with Crippen molar-refractivity contribution in [1.82, 2.24) is 4.98 Å². The van der Waals surface area contributed by atoms with Crippen molar-refractivity contribution in [2.45, 2.75) is 13.1 Å². The number of fused-ring (bicyclic) bond motifs is 1. The highest BCUT2D eigenvalue weighted by molar-refractivity contribution is 6.42. The number of rotatable bonds is 6. The van der Waals surface area contributed by atoms with Gasteiger partial charge in [0.2, 0.25) is 5.84 Å². The summed E-state index contributed by atoms with van der Waals surface area (Å²) in [5.74, 6) is -0.264. The standard InChI is InChI=1S/C27H26ClN5O2/c1-4-35-27(34)25-30-33(21-11-9-18(28)10-12-21)26(23-17-29-24-8-6-5-7-22(23)24)32(25)20-15-13-19(14-16-20)31(2)3/h5-17,26,29H,4H2,1-3H3/t26-/m0/s1. The van der Waals surface area contributed by atoms with E-state index < -0.39 is 12.1 Å². The fraction of sp³-hybridized carbons (Fsp3) is 0.185. The number of ether oxygens (including phenoxy) is 1. The van der Waals surface area contributed by atoms with Crippen molar-refractivity contribution >= 4 is 51.4 Å². The molecule has 0 saturated carbocycles. The molecule has 8 heteroatoms. The molecule has 0 bridgehead atoms. The van der Waals surface area contributed by atoms with Crippen LogP contribution in [0.2, 0.25) is 5.02 Å². The van der Waals surface area contributed by atoms with E-state index in [-0.39, 0.29) is 12.4 Å². The van der Waals surface area contributed by atoms with Gasteiger partial charge in [-0.2, -0.15) is 0 Å². The van der Waals surface area contributed by atoms with E-state index in [2.05, 4.69) is 11.1 Å². The number of amidine groups is 1. The number of esters is 1. The van der Waals surface area contributed by atoms with Crippen LogP contribution in [0.1, 0.15) is 18.7 Å². The molecule has 1 N–H and O–H groups in total. The van der Waals surface area contributed by atoms with Gasteiger partial charge in [0, 0.05) is 53.2 Å². The van der Waals surface area contributed by atoms with Crippen LogP contribution >= 0.6 is 11.6 Å². The first-order chi connectivity index (χ1) is 17.0. The molecular formula is C27H26ClN5O2. The SMILES string of the molecule is CCOC(=O)C1=NN(c2ccc(Cl)cc2)[C@@H](c2c[nH]c3ccccc23)N1c1ccc(N(C)C)cc1. The molecule has 0 radical (unpaired) electrons. The van der Waals surface area contributed by atoms with E-state index in [0.717, 1.165) is 33.5 Å². The highest BCUT2D eigenvalue weighted by Gasteiger charge is 2.42. The first-order valence-corrected chi connectivity index (χ1v) is 11.8. The second-order valence-corrected chi connectivity index (χ2v) is 8.85. The van der Waals surface area contributed by atoms with Crippen LogP contribution in [0.3, 0.4) is 0 Å².